The van der Waals surface area contributed by atoms with Crippen molar-refractivity contribution in [2.75, 3.05) is 20.1 Å². The average molecular weight is 283 g/mol. The van der Waals surface area contributed by atoms with Crippen LogP contribution in [-0.2, 0) is 0 Å². The SMILES string of the molecule is CNC(c1ccc(Br)cc1)C1CCCNC1. The van der Waals surface area contributed by atoms with E-state index in [0.717, 1.165) is 11.0 Å². The van der Waals surface area contributed by atoms with Gasteiger partial charge in [-0.25, -0.2) is 0 Å². The molecule has 2 atom stereocenters. The van der Waals surface area contributed by atoms with Gasteiger partial charge in [0.25, 0.3) is 0 Å². The lowest BCUT2D eigenvalue weighted by molar-refractivity contribution is 0.298. The van der Waals surface area contributed by atoms with Gasteiger partial charge in [-0.15, -0.1) is 0 Å². The summed E-state index contributed by atoms with van der Waals surface area (Å²) in [5.41, 5.74) is 1.39. The Morgan fingerprint density at radius 3 is 2.69 bits per heavy atom. The highest BCUT2D eigenvalue weighted by molar-refractivity contribution is 9.10. The lowest BCUT2D eigenvalue weighted by Crippen LogP contribution is -2.37. The molecule has 0 radical (unpaired) electrons. The van der Waals surface area contributed by atoms with Crippen molar-refractivity contribution in [3.63, 3.8) is 0 Å². The van der Waals surface area contributed by atoms with Crippen LogP contribution in [0.1, 0.15) is 24.4 Å². The van der Waals surface area contributed by atoms with Crippen molar-refractivity contribution in [2.45, 2.75) is 18.9 Å². The molecule has 1 aromatic carbocycles. The molecule has 2 unspecified atom stereocenters. The highest BCUT2D eigenvalue weighted by atomic mass is 79.9. The summed E-state index contributed by atoms with van der Waals surface area (Å²) in [4.78, 5) is 0. The molecule has 0 aromatic heterocycles. The highest BCUT2D eigenvalue weighted by Gasteiger charge is 2.23. The molecule has 2 N–H and O–H groups in total. The Balaban J connectivity index is 2.11. The van der Waals surface area contributed by atoms with E-state index in [4.69, 9.17) is 0 Å². The third-order valence-electron chi connectivity index (χ3n) is 3.35. The Kier molecular flexibility index (Phi) is 4.38. The summed E-state index contributed by atoms with van der Waals surface area (Å²) < 4.78 is 1.15. The molecule has 2 rings (SSSR count). The quantitative estimate of drug-likeness (QED) is 0.891. The average Bonchev–Trinajstić information content (AvgIpc) is 2.34. The summed E-state index contributed by atoms with van der Waals surface area (Å²) in [5, 5.41) is 6.93. The number of piperidine rings is 1. The summed E-state index contributed by atoms with van der Waals surface area (Å²) in [5.74, 6) is 0.708. The molecular formula is C13H19BrN2. The molecule has 0 spiro atoms. The molecule has 1 heterocycles. The van der Waals surface area contributed by atoms with Crippen molar-refractivity contribution in [2.24, 2.45) is 5.92 Å². The van der Waals surface area contributed by atoms with Gasteiger partial charge in [0.05, 0.1) is 0 Å². The van der Waals surface area contributed by atoms with Crippen LogP contribution >= 0.6 is 15.9 Å². The van der Waals surface area contributed by atoms with E-state index in [1.165, 1.54) is 24.9 Å². The van der Waals surface area contributed by atoms with Gasteiger partial charge in [-0.3, -0.25) is 0 Å². The zero-order valence-corrected chi connectivity index (χ0v) is 11.3. The van der Waals surface area contributed by atoms with Gasteiger partial charge in [0.15, 0.2) is 0 Å². The van der Waals surface area contributed by atoms with Crippen LogP contribution < -0.4 is 10.6 Å². The summed E-state index contributed by atoms with van der Waals surface area (Å²) in [6, 6.07) is 9.13. The van der Waals surface area contributed by atoms with E-state index in [-0.39, 0.29) is 0 Å². The van der Waals surface area contributed by atoms with Crippen LogP contribution in [-0.4, -0.2) is 20.1 Å². The topological polar surface area (TPSA) is 24.1 Å². The number of nitrogens with one attached hydrogen (secondary N) is 2. The molecule has 88 valence electrons. The van der Waals surface area contributed by atoms with Crippen molar-refractivity contribution in [3.8, 4) is 0 Å². The Labute approximate surface area is 106 Å². The fraction of sp³-hybridized carbons (Fsp3) is 0.538. The first-order chi connectivity index (χ1) is 7.81. The number of hydrogen-bond acceptors (Lipinski definition) is 2. The fourth-order valence-electron chi connectivity index (χ4n) is 2.51. The fourth-order valence-corrected chi connectivity index (χ4v) is 2.77. The molecule has 1 aliphatic heterocycles. The van der Waals surface area contributed by atoms with Crippen LogP contribution in [0.4, 0.5) is 0 Å². The molecule has 2 nitrogen and oxygen atoms in total. The van der Waals surface area contributed by atoms with Crippen LogP contribution in [0.2, 0.25) is 0 Å². The second-order valence-electron chi connectivity index (χ2n) is 4.42. The molecule has 0 aliphatic carbocycles. The molecule has 3 heteroatoms. The molecule has 1 aliphatic rings. The van der Waals surface area contributed by atoms with Gasteiger partial charge in [-0.2, -0.15) is 0 Å². The van der Waals surface area contributed by atoms with Gasteiger partial charge >= 0.3 is 0 Å². The molecule has 0 saturated carbocycles. The molecule has 16 heavy (non-hydrogen) atoms. The summed E-state index contributed by atoms with van der Waals surface area (Å²) in [6.45, 7) is 2.30. The second kappa shape index (κ2) is 5.80. The van der Waals surface area contributed by atoms with Gasteiger partial charge in [0.2, 0.25) is 0 Å². The van der Waals surface area contributed by atoms with E-state index in [1.807, 2.05) is 0 Å². The van der Waals surface area contributed by atoms with Crippen LogP contribution in [0.5, 0.6) is 0 Å². The number of benzene rings is 1. The van der Waals surface area contributed by atoms with Crippen molar-refractivity contribution in [3.05, 3.63) is 34.3 Å². The Morgan fingerprint density at radius 2 is 2.12 bits per heavy atom. The maximum atomic E-state index is 3.48. The molecule has 1 fully saturated rings. The maximum absolute atomic E-state index is 3.48. The minimum atomic E-state index is 0.473. The normalized spacial score (nSPS) is 23.0. The van der Waals surface area contributed by atoms with E-state index >= 15 is 0 Å². The third kappa shape index (κ3) is 2.84. The Hall–Kier alpha value is -0.380. The van der Waals surface area contributed by atoms with E-state index in [0.29, 0.717) is 12.0 Å². The lowest BCUT2D eigenvalue weighted by Gasteiger charge is -2.31. The molecule has 1 saturated heterocycles. The van der Waals surface area contributed by atoms with E-state index in [1.54, 1.807) is 0 Å². The summed E-state index contributed by atoms with van der Waals surface area (Å²) >= 11 is 3.48. The molecule has 0 bridgehead atoms. The molecule has 1 aromatic rings. The van der Waals surface area contributed by atoms with Crippen molar-refractivity contribution >= 4 is 15.9 Å². The molecular weight excluding hydrogens is 264 g/mol. The van der Waals surface area contributed by atoms with Gasteiger partial charge < -0.3 is 10.6 Å². The largest absolute Gasteiger partial charge is 0.316 e. The number of rotatable bonds is 3. The van der Waals surface area contributed by atoms with Crippen molar-refractivity contribution < 1.29 is 0 Å². The number of halogens is 1. The smallest absolute Gasteiger partial charge is 0.0358 e. The zero-order chi connectivity index (χ0) is 11.4. The predicted octanol–water partition coefficient (Wildman–Crippen LogP) is 2.71. The predicted molar refractivity (Wildman–Crippen MR) is 71.5 cm³/mol. The lowest BCUT2D eigenvalue weighted by atomic mass is 9.87. The standard InChI is InChI=1S/C13H19BrN2/c1-15-13(11-3-2-8-16-9-11)10-4-6-12(14)7-5-10/h4-7,11,13,15-16H,2-3,8-9H2,1H3. The first kappa shape index (κ1) is 12.1. The first-order valence-corrected chi connectivity index (χ1v) is 6.74. The third-order valence-corrected chi connectivity index (χ3v) is 3.88. The maximum Gasteiger partial charge on any atom is 0.0358 e. The number of hydrogen-bond donors (Lipinski definition) is 2. The minimum Gasteiger partial charge on any atom is -0.316 e. The Morgan fingerprint density at radius 1 is 1.38 bits per heavy atom. The first-order valence-electron chi connectivity index (χ1n) is 5.94. The Bertz CT molecular complexity index is 317. The van der Waals surface area contributed by atoms with Crippen molar-refractivity contribution in [1.29, 1.82) is 0 Å². The van der Waals surface area contributed by atoms with Crippen LogP contribution in [0.3, 0.4) is 0 Å². The van der Waals surface area contributed by atoms with E-state index in [9.17, 15) is 0 Å². The second-order valence-corrected chi connectivity index (χ2v) is 5.34. The zero-order valence-electron chi connectivity index (χ0n) is 9.67. The van der Waals surface area contributed by atoms with E-state index < -0.39 is 0 Å². The molecule has 0 amide bonds. The highest BCUT2D eigenvalue weighted by Crippen LogP contribution is 2.27. The van der Waals surface area contributed by atoms with Gasteiger partial charge in [-0.05, 0) is 56.6 Å². The van der Waals surface area contributed by atoms with Crippen molar-refractivity contribution in [1.82, 2.24) is 10.6 Å². The van der Waals surface area contributed by atoms with Crippen LogP contribution in [0.15, 0.2) is 28.7 Å². The summed E-state index contributed by atoms with van der Waals surface area (Å²) in [6.07, 6.45) is 2.61. The van der Waals surface area contributed by atoms with Gasteiger partial charge in [0, 0.05) is 10.5 Å². The van der Waals surface area contributed by atoms with Crippen LogP contribution in [0, 0.1) is 5.92 Å². The van der Waals surface area contributed by atoms with Crippen LogP contribution in [0.25, 0.3) is 0 Å². The minimum absolute atomic E-state index is 0.473. The van der Waals surface area contributed by atoms with Gasteiger partial charge in [0.1, 0.15) is 0 Å². The van der Waals surface area contributed by atoms with E-state index in [2.05, 4.69) is 57.9 Å². The summed E-state index contributed by atoms with van der Waals surface area (Å²) in [7, 11) is 2.06. The van der Waals surface area contributed by atoms with Gasteiger partial charge in [-0.1, -0.05) is 28.1 Å². The monoisotopic (exact) mass is 282 g/mol.